The van der Waals surface area contributed by atoms with Crippen molar-refractivity contribution in [2.75, 3.05) is 0 Å². The molecule has 1 atom stereocenters. The number of ether oxygens (including phenoxy) is 1. The van der Waals surface area contributed by atoms with E-state index in [4.69, 9.17) is 21.3 Å². The van der Waals surface area contributed by atoms with Crippen molar-refractivity contribution < 1.29 is 4.74 Å². The van der Waals surface area contributed by atoms with Gasteiger partial charge in [0.25, 0.3) is 0 Å². The fraction of sp³-hybridized carbons (Fsp3) is 0.0208. The van der Waals surface area contributed by atoms with Crippen LogP contribution in [0, 0.1) is 17.9 Å². The molecule has 1 aliphatic carbocycles. The lowest BCUT2D eigenvalue weighted by atomic mass is 9.65. The topological polar surface area (TPSA) is 85.9 Å². The Balaban J connectivity index is 1.23. The quantitative estimate of drug-likeness (QED) is 0.166. The second-order valence-electron chi connectivity index (χ2n) is 14.2. The Morgan fingerprint density at radius 2 is 1.38 bits per heavy atom. The van der Waals surface area contributed by atoms with Gasteiger partial charge < -0.3 is 13.9 Å². The zero-order chi connectivity index (χ0) is 37.1. The van der Waals surface area contributed by atoms with Crippen molar-refractivity contribution in [3.05, 3.63) is 191 Å². The molecule has 12 rings (SSSR count). The van der Waals surface area contributed by atoms with Crippen LogP contribution in [0.25, 0.3) is 71.2 Å². The molecule has 258 valence electrons. The van der Waals surface area contributed by atoms with Gasteiger partial charge in [0.05, 0.1) is 80.8 Å². The largest absolute Gasteiger partial charge is 0.457 e. The maximum atomic E-state index is 9.82. The number of hydrogen-bond acceptors (Lipinski definition) is 5. The van der Waals surface area contributed by atoms with E-state index in [9.17, 15) is 5.26 Å². The van der Waals surface area contributed by atoms with Gasteiger partial charge in [-0.05, 0) is 83.7 Å². The van der Waals surface area contributed by atoms with Crippen LogP contribution in [0.4, 0.5) is 5.69 Å². The average molecular weight is 716 g/mol. The molecule has 5 aromatic carbocycles. The molecule has 0 radical (unpaired) electrons. The van der Waals surface area contributed by atoms with Crippen LogP contribution >= 0.6 is 0 Å². The molecule has 1 aliphatic heterocycles. The first-order chi connectivity index (χ1) is 27.7. The molecule has 1 unspecified atom stereocenters. The van der Waals surface area contributed by atoms with Crippen LogP contribution in [0.15, 0.2) is 152 Å². The van der Waals surface area contributed by atoms with E-state index < -0.39 is 5.41 Å². The highest BCUT2D eigenvalue weighted by atomic mass is 16.5. The first kappa shape index (κ1) is 30.4. The zero-order valence-corrected chi connectivity index (χ0v) is 29.5. The highest BCUT2D eigenvalue weighted by Gasteiger charge is 2.54. The number of rotatable bonds is 2. The summed E-state index contributed by atoms with van der Waals surface area (Å²) < 4.78 is 11.4. The molecule has 0 N–H and O–H groups in total. The SMILES string of the molecule is [C-]#[N+]c1ccc2c(c1)c1ccncc1n2-c1cccc2c1C1(c3ccccc3O2)c2cccnc2-c2ncc(-n3c4ccccc4c4cc(C#N)ccc43)cc21. The Morgan fingerprint density at radius 1 is 0.607 bits per heavy atom. The fourth-order valence-electron chi connectivity index (χ4n) is 9.44. The molecule has 0 bridgehead atoms. The third kappa shape index (κ3) is 3.76. The lowest BCUT2D eigenvalue weighted by Crippen LogP contribution is -2.33. The van der Waals surface area contributed by atoms with Crippen LogP contribution in [-0.2, 0) is 5.41 Å². The molecule has 0 saturated carbocycles. The number of aromatic nitrogens is 5. The zero-order valence-electron chi connectivity index (χ0n) is 29.5. The number of pyridine rings is 3. The van der Waals surface area contributed by atoms with Gasteiger partial charge in [0.15, 0.2) is 5.69 Å². The predicted molar refractivity (Wildman–Crippen MR) is 217 cm³/mol. The Morgan fingerprint density at radius 3 is 2.30 bits per heavy atom. The van der Waals surface area contributed by atoms with E-state index in [2.05, 4.69) is 67.5 Å². The number of nitriles is 1. The third-order valence-corrected chi connectivity index (χ3v) is 11.6. The van der Waals surface area contributed by atoms with Gasteiger partial charge >= 0.3 is 0 Å². The number of hydrogen-bond donors (Lipinski definition) is 0. The van der Waals surface area contributed by atoms with Crippen LogP contribution in [-0.4, -0.2) is 24.1 Å². The Kier molecular flexibility index (Phi) is 5.96. The summed E-state index contributed by atoms with van der Waals surface area (Å²) in [5.74, 6) is 1.49. The number of nitrogens with zero attached hydrogens (tertiary/aromatic N) is 7. The highest BCUT2D eigenvalue weighted by Crippen LogP contribution is 2.63. The van der Waals surface area contributed by atoms with Gasteiger partial charge in [-0.3, -0.25) is 15.0 Å². The molecule has 6 heterocycles. The summed E-state index contributed by atoms with van der Waals surface area (Å²) in [5.41, 5.74) is 11.6. The molecule has 1 spiro atoms. The fourth-order valence-corrected chi connectivity index (χ4v) is 9.44. The van der Waals surface area contributed by atoms with E-state index in [-0.39, 0.29) is 0 Å². The van der Waals surface area contributed by atoms with E-state index in [1.165, 1.54) is 0 Å². The highest BCUT2D eigenvalue weighted by molar-refractivity contribution is 6.11. The summed E-state index contributed by atoms with van der Waals surface area (Å²) in [6.07, 6.45) is 7.47. The summed E-state index contributed by atoms with van der Waals surface area (Å²) >= 11 is 0. The second-order valence-corrected chi connectivity index (χ2v) is 14.2. The Hall–Kier alpha value is -8.07. The molecular weight excluding hydrogens is 691 g/mol. The second kappa shape index (κ2) is 11.0. The average Bonchev–Trinajstić information content (AvgIpc) is 3.87. The van der Waals surface area contributed by atoms with Gasteiger partial charge in [0, 0.05) is 45.2 Å². The summed E-state index contributed by atoms with van der Waals surface area (Å²) in [4.78, 5) is 18.7. The van der Waals surface area contributed by atoms with Crippen LogP contribution < -0.4 is 4.74 Å². The van der Waals surface area contributed by atoms with Crippen molar-refractivity contribution in [3.63, 3.8) is 0 Å². The van der Waals surface area contributed by atoms with Gasteiger partial charge in [-0.15, -0.1) is 0 Å². The molecule has 5 aromatic heterocycles. The minimum absolute atomic E-state index is 0.578. The van der Waals surface area contributed by atoms with E-state index in [0.29, 0.717) is 11.3 Å². The predicted octanol–water partition coefficient (Wildman–Crippen LogP) is 11.0. The van der Waals surface area contributed by atoms with Gasteiger partial charge in [-0.2, -0.15) is 5.26 Å². The van der Waals surface area contributed by atoms with Crippen LogP contribution in [0.1, 0.15) is 27.8 Å². The van der Waals surface area contributed by atoms with E-state index in [0.717, 1.165) is 100 Å². The molecule has 56 heavy (non-hydrogen) atoms. The number of para-hydroxylation sites is 2. The molecule has 0 amide bonds. The maximum absolute atomic E-state index is 9.82. The molecule has 0 fully saturated rings. The van der Waals surface area contributed by atoms with Crippen molar-refractivity contribution >= 4 is 49.3 Å². The van der Waals surface area contributed by atoms with Crippen molar-refractivity contribution in [2.24, 2.45) is 0 Å². The monoisotopic (exact) mass is 715 g/mol. The summed E-state index contributed by atoms with van der Waals surface area (Å²) in [6.45, 7) is 7.78. The van der Waals surface area contributed by atoms with E-state index >= 15 is 0 Å². The third-order valence-electron chi connectivity index (χ3n) is 11.6. The standard InChI is InChI=1S/C48H25N7O/c1-50-29-16-18-40-34(23-29)32-19-21-51-27-42(32)55(40)41-12-6-14-44-45(41)48(35-9-3-5-13-43(35)56-44)36-10-7-20-52-46(36)47-37(48)24-30(26-53-47)54-38-11-4-2-8-31(38)33-22-28(25-49)15-17-39(33)54/h2-24,26-27H. The van der Waals surface area contributed by atoms with Crippen molar-refractivity contribution in [1.82, 2.24) is 24.1 Å². The first-order valence-electron chi connectivity index (χ1n) is 18.3. The minimum atomic E-state index is -0.906. The molecule has 8 nitrogen and oxygen atoms in total. The molecule has 2 aliphatic rings. The smallest absolute Gasteiger partial charge is 0.188 e. The summed E-state index contributed by atoms with van der Waals surface area (Å²) in [7, 11) is 0. The van der Waals surface area contributed by atoms with Gasteiger partial charge in [0.1, 0.15) is 11.5 Å². The lowest BCUT2D eigenvalue weighted by Gasteiger charge is -2.40. The van der Waals surface area contributed by atoms with Gasteiger partial charge in [0.2, 0.25) is 0 Å². The summed E-state index contributed by atoms with van der Waals surface area (Å²) in [5, 5.41) is 13.9. The maximum Gasteiger partial charge on any atom is 0.188 e. The Labute approximate surface area is 319 Å². The number of fused-ring (bicyclic) bond motifs is 15. The Bertz CT molecular complexity index is 3450. The van der Waals surface area contributed by atoms with E-state index in [1.54, 1.807) is 6.20 Å². The van der Waals surface area contributed by atoms with E-state index in [1.807, 2.05) is 104 Å². The normalized spacial score (nSPS) is 15.0. The molecular formula is C48H25N7O. The summed E-state index contributed by atoms with van der Waals surface area (Å²) in [6, 6.07) is 45.3. The number of benzene rings is 5. The van der Waals surface area contributed by atoms with Gasteiger partial charge in [-0.25, -0.2) is 4.85 Å². The van der Waals surface area contributed by atoms with Crippen LogP contribution in [0.5, 0.6) is 11.5 Å². The van der Waals surface area contributed by atoms with Gasteiger partial charge in [-0.1, -0.05) is 54.6 Å². The van der Waals surface area contributed by atoms with Crippen molar-refractivity contribution in [1.29, 1.82) is 5.26 Å². The van der Waals surface area contributed by atoms with Crippen LogP contribution in [0.2, 0.25) is 0 Å². The molecule has 0 saturated heterocycles. The first-order valence-corrected chi connectivity index (χ1v) is 18.3. The minimum Gasteiger partial charge on any atom is -0.457 e. The van der Waals surface area contributed by atoms with Crippen LogP contribution in [0.3, 0.4) is 0 Å². The lowest BCUT2D eigenvalue weighted by molar-refractivity contribution is 0.435. The van der Waals surface area contributed by atoms with Crippen molar-refractivity contribution in [2.45, 2.75) is 5.41 Å². The molecule has 8 heteroatoms. The van der Waals surface area contributed by atoms with Crippen molar-refractivity contribution in [3.8, 4) is 40.3 Å². The molecule has 10 aromatic rings.